The maximum atomic E-state index is 12.6. The van der Waals surface area contributed by atoms with Gasteiger partial charge in [-0.3, -0.25) is 14.6 Å². The van der Waals surface area contributed by atoms with Gasteiger partial charge in [-0.15, -0.1) is 0 Å². The van der Waals surface area contributed by atoms with Crippen molar-refractivity contribution in [1.29, 1.82) is 0 Å². The van der Waals surface area contributed by atoms with E-state index in [0.717, 1.165) is 43.1 Å². The van der Waals surface area contributed by atoms with Crippen molar-refractivity contribution in [2.75, 3.05) is 19.6 Å². The summed E-state index contributed by atoms with van der Waals surface area (Å²) >= 11 is 0. The molecule has 26 heavy (non-hydrogen) atoms. The Morgan fingerprint density at radius 1 is 1.27 bits per heavy atom. The van der Waals surface area contributed by atoms with Crippen LogP contribution in [0.2, 0.25) is 0 Å². The van der Waals surface area contributed by atoms with Crippen molar-refractivity contribution in [1.82, 2.24) is 15.2 Å². The SMILES string of the molecule is Cc1ncccc1CC(=O)N1CC[C@@H](CNC(=O)[C@@H]2C[C@@H]3CC[C@H]2C3)C1. The summed E-state index contributed by atoms with van der Waals surface area (Å²) in [4.78, 5) is 31.2. The summed E-state index contributed by atoms with van der Waals surface area (Å²) in [7, 11) is 0. The van der Waals surface area contributed by atoms with Gasteiger partial charge < -0.3 is 10.2 Å². The molecule has 0 unspecified atom stereocenters. The molecule has 2 amide bonds. The number of nitrogens with zero attached hydrogens (tertiary/aromatic N) is 2. The molecule has 1 saturated heterocycles. The van der Waals surface area contributed by atoms with Gasteiger partial charge in [-0.1, -0.05) is 12.5 Å². The van der Waals surface area contributed by atoms with Crippen LogP contribution in [0.5, 0.6) is 0 Å². The molecule has 3 fully saturated rings. The number of hydrogen-bond donors (Lipinski definition) is 1. The van der Waals surface area contributed by atoms with E-state index in [1.54, 1.807) is 6.20 Å². The van der Waals surface area contributed by atoms with E-state index in [-0.39, 0.29) is 17.7 Å². The molecular weight excluding hydrogens is 326 g/mol. The lowest BCUT2D eigenvalue weighted by atomic mass is 9.88. The molecule has 3 aliphatic rings. The van der Waals surface area contributed by atoms with Crippen molar-refractivity contribution in [3.05, 3.63) is 29.6 Å². The highest BCUT2D eigenvalue weighted by Gasteiger charge is 2.43. The first-order chi connectivity index (χ1) is 12.6. The number of fused-ring (bicyclic) bond motifs is 2. The Bertz CT molecular complexity index is 690. The molecule has 0 aromatic carbocycles. The molecule has 1 N–H and O–H groups in total. The topological polar surface area (TPSA) is 62.3 Å². The van der Waals surface area contributed by atoms with Crippen molar-refractivity contribution in [2.45, 2.75) is 45.4 Å². The average Bonchev–Trinajstić information content (AvgIpc) is 3.38. The number of aromatic nitrogens is 1. The summed E-state index contributed by atoms with van der Waals surface area (Å²) in [5.41, 5.74) is 1.93. The van der Waals surface area contributed by atoms with E-state index in [4.69, 9.17) is 0 Å². The number of nitrogens with one attached hydrogen (secondary N) is 1. The molecule has 5 nitrogen and oxygen atoms in total. The normalized spacial score (nSPS) is 30.0. The summed E-state index contributed by atoms with van der Waals surface area (Å²) in [5.74, 6) is 2.49. The number of hydrogen-bond acceptors (Lipinski definition) is 3. The lowest BCUT2D eigenvalue weighted by Crippen LogP contribution is -2.38. The maximum Gasteiger partial charge on any atom is 0.227 e. The van der Waals surface area contributed by atoms with Crippen LogP contribution >= 0.6 is 0 Å². The van der Waals surface area contributed by atoms with Crippen LogP contribution in [0.4, 0.5) is 0 Å². The zero-order valence-corrected chi connectivity index (χ0v) is 15.6. The first-order valence-electron chi connectivity index (χ1n) is 10.1. The maximum absolute atomic E-state index is 12.6. The minimum Gasteiger partial charge on any atom is -0.356 e. The number of likely N-dealkylation sites (tertiary alicyclic amines) is 1. The first-order valence-corrected chi connectivity index (χ1v) is 10.1. The Hall–Kier alpha value is -1.91. The zero-order chi connectivity index (χ0) is 18.1. The number of amides is 2. The molecule has 4 rings (SSSR count). The van der Waals surface area contributed by atoms with Crippen molar-refractivity contribution < 1.29 is 9.59 Å². The van der Waals surface area contributed by atoms with Crippen LogP contribution in [0.25, 0.3) is 0 Å². The van der Waals surface area contributed by atoms with Crippen molar-refractivity contribution in [3.63, 3.8) is 0 Å². The van der Waals surface area contributed by atoms with Gasteiger partial charge in [0.15, 0.2) is 0 Å². The van der Waals surface area contributed by atoms with Crippen LogP contribution in [-0.4, -0.2) is 41.3 Å². The molecule has 5 heteroatoms. The smallest absolute Gasteiger partial charge is 0.227 e. The van der Waals surface area contributed by atoms with Crippen LogP contribution in [0.15, 0.2) is 18.3 Å². The number of pyridine rings is 1. The molecule has 1 aromatic heterocycles. The summed E-state index contributed by atoms with van der Waals surface area (Å²) in [6.45, 7) is 4.21. The van der Waals surface area contributed by atoms with Crippen LogP contribution in [-0.2, 0) is 16.0 Å². The molecule has 1 aliphatic heterocycles. The van der Waals surface area contributed by atoms with Gasteiger partial charge in [-0.25, -0.2) is 0 Å². The third kappa shape index (κ3) is 3.62. The number of carbonyl (C=O) groups is 2. The summed E-state index contributed by atoms with van der Waals surface area (Å²) in [5, 5.41) is 3.18. The van der Waals surface area contributed by atoms with Gasteiger partial charge in [0, 0.05) is 37.4 Å². The summed E-state index contributed by atoms with van der Waals surface area (Å²) < 4.78 is 0. The number of aryl methyl sites for hydroxylation is 1. The molecule has 2 saturated carbocycles. The van der Waals surface area contributed by atoms with Gasteiger partial charge in [0.05, 0.1) is 6.42 Å². The first kappa shape index (κ1) is 17.5. The molecule has 140 valence electrons. The second-order valence-corrected chi connectivity index (χ2v) is 8.45. The predicted molar refractivity (Wildman–Crippen MR) is 99.3 cm³/mol. The minimum absolute atomic E-state index is 0.169. The minimum atomic E-state index is 0.169. The molecule has 1 aromatic rings. The second kappa shape index (κ2) is 7.37. The summed E-state index contributed by atoms with van der Waals surface area (Å²) in [6.07, 6.45) is 8.08. The van der Waals surface area contributed by atoms with Crippen LogP contribution in [0.3, 0.4) is 0 Å². The Labute approximate surface area is 155 Å². The van der Waals surface area contributed by atoms with E-state index in [2.05, 4.69) is 10.3 Å². The molecule has 2 heterocycles. The quantitative estimate of drug-likeness (QED) is 0.882. The lowest BCUT2D eigenvalue weighted by Gasteiger charge is -2.22. The van der Waals surface area contributed by atoms with Gasteiger partial charge in [0.2, 0.25) is 11.8 Å². The van der Waals surface area contributed by atoms with E-state index < -0.39 is 0 Å². The predicted octanol–water partition coefficient (Wildman–Crippen LogP) is 2.33. The molecule has 0 spiro atoms. The highest BCUT2D eigenvalue weighted by molar-refractivity contribution is 5.80. The number of carbonyl (C=O) groups excluding carboxylic acids is 2. The molecule has 0 radical (unpaired) electrons. The summed E-state index contributed by atoms with van der Waals surface area (Å²) in [6, 6.07) is 3.86. The molecule has 2 bridgehead atoms. The highest BCUT2D eigenvalue weighted by atomic mass is 16.2. The standard InChI is InChI=1S/C21H29N3O2/c1-14-17(3-2-7-22-14)11-20(25)24-8-6-16(13-24)12-23-21(26)19-10-15-4-5-18(19)9-15/h2-3,7,15-16,18-19H,4-6,8-13H2,1H3,(H,23,26)/t15-,16+,18+,19-/m1/s1. The monoisotopic (exact) mass is 355 g/mol. The van der Waals surface area contributed by atoms with E-state index in [1.807, 2.05) is 24.0 Å². The van der Waals surface area contributed by atoms with E-state index >= 15 is 0 Å². The van der Waals surface area contributed by atoms with Gasteiger partial charge in [-0.05, 0) is 62.0 Å². The van der Waals surface area contributed by atoms with Crippen molar-refractivity contribution in [2.24, 2.45) is 23.7 Å². The van der Waals surface area contributed by atoms with E-state index in [0.29, 0.717) is 24.8 Å². The second-order valence-electron chi connectivity index (χ2n) is 8.45. The fourth-order valence-electron chi connectivity index (χ4n) is 5.15. The molecular formula is C21H29N3O2. The van der Waals surface area contributed by atoms with Crippen LogP contribution in [0.1, 0.15) is 43.4 Å². The largest absolute Gasteiger partial charge is 0.356 e. The Morgan fingerprint density at radius 2 is 2.15 bits per heavy atom. The zero-order valence-electron chi connectivity index (χ0n) is 15.6. The number of rotatable bonds is 5. The molecule has 2 aliphatic carbocycles. The lowest BCUT2D eigenvalue weighted by molar-refractivity contribution is -0.129. The van der Waals surface area contributed by atoms with Crippen LogP contribution < -0.4 is 5.32 Å². The molecule has 4 atom stereocenters. The third-order valence-corrected chi connectivity index (χ3v) is 6.74. The fourth-order valence-corrected chi connectivity index (χ4v) is 5.15. The van der Waals surface area contributed by atoms with Crippen molar-refractivity contribution >= 4 is 11.8 Å². The van der Waals surface area contributed by atoms with Gasteiger partial charge in [-0.2, -0.15) is 0 Å². The van der Waals surface area contributed by atoms with Crippen LogP contribution in [0, 0.1) is 30.6 Å². The van der Waals surface area contributed by atoms with Crippen molar-refractivity contribution in [3.8, 4) is 0 Å². The van der Waals surface area contributed by atoms with Gasteiger partial charge >= 0.3 is 0 Å². The fraction of sp³-hybridized carbons (Fsp3) is 0.667. The van der Waals surface area contributed by atoms with Gasteiger partial charge in [0.25, 0.3) is 0 Å². The third-order valence-electron chi connectivity index (χ3n) is 6.74. The Balaban J connectivity index is 1.23. The average molecular weight is 355 g/mol. The highest BCUT2D eigenvalue weighted by Crippen LogP contribution is 2.48. The Kier molecular flexibility index (Phi) is 4.96. The van der Waals surface area contributed by atoms with Gasteiger partial charge in [0.1, 0.15) is 0 Å². The Morgan fingerprint density at radius 3 is 2.88 bits per heavy atom. The van der Waals surface area contributed by atoms with E-state index in [1.165, 1.54) is 19.3 Å². The van der Waals surface area contributed by atoms with E-state index in [9.17, 15) is 9.59 Å².